The molecule has 0 spiro atoms. The lowest BCUT2D eigenvalue weighted by Gasteiger charge is -2.06. The van der Waals surface area contributed by atoms with Crippen LogP contribution < -0.4 is 10.5 Å². The molecule has 2 heterocycles. The number of anilines is 1. The van der Waals surface area contributed by atoms with Crippen LogP contribution in [-0.2, 0) is 0 Å². The average Bonchev–Trinajstić information content (AvgIpc) is 2.83. The molecule has 0 aliphatic heterocycles. The van der Waals surface area contributed by atoms with Crippen LogP contribution in [0.1, 0.15) is 0 Å². The molecule has 4 heteroatoms. The van der Waals surface area contributed by atoms with Crippen molar-refractivity contribution < 1.29 is 4.74 Å². The van der Waals surface area contributed by atoms with Crippen LogP contribution in [0.4, 0.5) is 5.69 Å². The zero-order valence-corrected chi connectivity index (χ0v) is 9.97. The standard InChI is InChI=1S/C14H13N3O/c1-18-13-7-9(4-5-12(13)15)11-8-17-14-10(11)3-2-6-16-14/h2-8H,15H2,1H3,(H,16,17). The van der Waals surface area contributed by atoms with Crippen molar-refractivity contribution in [2.75, 3.05) is 12.8 Å². The van der Waals surface area contributed by atoms with Gasteiger partial charge in [-0.2, -0.15) is 0 Å². The third kappa shape index (κ3) is 1.59. The molecule has 0 amide bonds. The zero-order chi connectivity index (χ0) is 12.5. The predicted octanol–water partition coefficient (Wildman–Crippen LogP) is 2.82. The first kappa shape index (κ1) is 10.7. The van der Waals surface area contributed by atoms with Gasteiger partial charge in [0, 0.05) is 23.3 Å². The summed E-state index contributed by atoms with van der Waals surface area (Å²) in [4.78, 5) is 7.43. The number of hydrogen-bond acceptors (Lipinski definition) is 3. The van der Waals surface area contributed by atoms with Crippen molar-refractivity contribution >= 4 is 16.7 Å². The Hall–Kier alpha value is -2.49. The van der Waals surface area contributed by atoms with Gasteiger partial charge in [-0.25, -0.2) is 4.98 Å². The number of nitrogens with one attached hydrogen (secondary N) is 1. The number of nitrogens with zero attached hydrogens (tertiary/aromatic N) is 1. The van der Waals surface area contributed by atoms with E-state index in [2.05, 4.69) is 9.97 Å². The monoisotopic (exact) mass is 239 g/mol. The summed E-state index contributed by atoms with van der Waals surface area (Å²) in [5.74, 6) is 0.686. The number of pyridine rings is 1. The second-order valence-electron chi connectivity index (χ2n) is 4.06. The van der Waals surface area contributed by atoms with E-state index >= 15 is 0 Å². The van der Waals surface area contributed by atoms with E-state index in [-0.39, 0.29) is 0 Å². The molecule has 0 atom stereocenters. The Bertz CT molecular complexity index is 703. The molecule has 0 aliphatic rings. The summed E-state index contributed by atoms with van der Waals surface area (Å²) in [7, 11) is 1.62. The van der Waals surface area contributed by atoms with Crippen molar-refractivity contribution in [3.8, 4) is 16.9 Å². The Morgan fingerprint density at radius 2 is 2.17 bits per heavy atom. The van der Waals surface area contributed by atoms with Gasteiger partial charge in [-0.05, 0) is 29.8 Å². The number of rotatable bonds is 2. The number of aromatic nitrogens is 2. The quantitative estimate of drug-likeness (QED) is 0.676. The van der Waals surface area contributed by atoms with E-state index in [1.165, 1.54) is 0 Å². The van der Waals surface area contributed by atoms with Crippen molar-refractivity contribution in [3.63, 3.8) is 0 Å². The number of H-pyrrole nitrogens is 1. The van der Waals surface area contributed by atoms with Crippen LogP contribution >= 0.6 is 0 Å². The first-order chi connectivity index (χ1) is 8.79. The van der Waals surface area contributed by atoms with Gasteiger partial charge in [0.05, 0.1) is 12.8 Å². The Labute approximate surface area is 104 Å². The number of benzene rings is 1. The number of fused-ring (bicyclic) bond motifs is 1. The molecule has 4 nitrogen and oxygen atoms in total. The molecular formula is C14H13N3O. The lowest BCUT2D eigenvalue weighted by atomic mass is 10.1. The highest BCUT2D eigenvalue weighted by Gasteiger charge is 2.08. The fourth-order valence-electron chi connectivity index (χ4n) is 2.07. The summed E-state index contributed by atoms with van der Waals surface area (Å²) < 4.78 is 5.24. The number of aromatic amines is 1. The summed E-state index contributed by atoms with van der Waals surface area (Å²) in [5.41, 5.74) is 9.49. The summed E-state index contributed by atoms with van der Waals surface area (Å²) in [6.07, 6.45) is 3.72. The van der Waals surface area contributed by atoms with Crippen molar-refractivity contribution in [2.45, 2.75) is 0 Å². The molecular weight excluding hydrogens is 226 g/mol. The number of ether oxygens (including phenoxy) is 1. The van der Waals surface area contributed by atoms with E-state index in [1.807, 2.05) is 36.5 Å². The van der Waals surface area contributed by atoms with Gasteiger partial charge < -0.3 is 15.5 Å². The SMILES string of the molecule is COc1cc(-c2c[nH]c3ncccc23)ccc1N. The van der Waals surface area contributed by atoms with Gasteiger partial charge in [0.1, 0.15) is 11.4 Å². The van der Waals surface area contributed by atoms with Crippen LogP contribution in [0.3, 0.4) is 0 Å². The van der Waals surface area contributed by atoms with Crippen LogP contribution in [0.25, 0.3) is 22.2 Å². The first-order valence-electron chi connectivity index (χ1n) is 5.65. The maximum absolute atomic E-state index is 5.82. The minimum atomic E-state index is 0.638. The van der Waals surface area contributed by atoms with Crippen molar-refractivity contribution in [3.05, 3.63) is 42.7 Å². The lowest BCUT2D eigenvalue weighted by molar-refractivity contribution is 0.417. The first-order valence-corrected chi connectivity index (χ1v) is 5.65. The second kappa shape index (κ2) is 4.07. The molecule has 0 aliphatic carbocycles. The summed E-state index contributed by atoms with van der Waals surface area (Å²) >= 11 is 0. The average molecular weight is 239 g/mol. The summed E-state index contributed by atoms with van der Waals surface area (Å²) in [6, 6.07) is 9.73. The molecule has 18 heavy (non-hydrogen) atoms. The fraction of sp³-hybridized carbons (Fsp3) is 0.0714. The molecule has 0 saturated carbocycles. The van der Waals surface area contributed by atoms with E-state index in [1.54, 1.807) is 13.3 Å². The van der Waals surface area contributed by atoms with Crippen LogP contribution in [0, 0.1) is 0 Å². The third-order valence-electron chi connectivity index (χ3n) is 3.00. The largest absolute Gasteiger partial charge is 0.495 e. The van der Waals surface area contributed by atoms with Gasteiger partial charge in [-0.1, -0.05) is 6.07 Å². The molecule has 3 aromatic rings. The molecule has 0 unspecified atom stereocenters. The van der Waals surface area contributed by atoms with Crippen molar-refractivity contribution in [1.82, 2.24) is 9.97 Å². The van der Waals surface area contributed by atoms with E-state index < -0.39 is 0 Å². The topological polar surface area (TPSA) is 63.9 Å². The van der Waals surface area contributed by atoms with E-state index in [9.17, 15) is 0 Å². The minimum Gasteiger partial charge on any atom is -0.495 e. The van der Waals surface area contributed by atoms with Gasteiger partial charge in [0.2, 0.25) is 0 Å². The molecule has 0 saturated heterocycles. The fourth-order valence-corrected chi connectivity index (χ4v) is 2.07. The van der Waals surface area contributed by atoms with E-state index in [4.69, 9.17) is 10.5 Å². The van der Waals surface area contributed by atoms with Gasteiger partial charge >= 0.3 is 0 Å². The van der Waals surface area contributed by atoms with Crippen LogP contribution in [0.5, 0.6) is 5.75 Å². The number of hydrogen-bond donors (Lipinski definition) is 2. The highest BCUT2D eigenvalue weighted by molar-refractivity contribution is 5.94. The van der Waals surface area contributed by atoms with Crippen LogP contribution in [-0.4, -0.2) is 17.1 Å². The highest BCUT2D eigenvalue weighted by Crippen LogP contribution is 2.32. The zero-order valence-electron chi connectivity index (χ0n) is 9.97. The smallest absolute Gasteiger partial charge is 0.142 e. The van der Waals surface area contributed by atoms with Gasteiger partial charge in [-0.15, -0.1) is 0 Å². The Morgan fingerprint density at radius 1 is 1.28 bits per heavy atom. The van der Waals surface area contributed by atoms with Gasteiger partial charge in [0.15, 0.2) is 0 Å². The molecule has 0 bridgehead atoms. The minimum absolute atomic E-state index is 0.638. The number of nitrogens with two attached hydrogens (primary N) is 1. The second-order valence-corrected chi connectivity index (χ2v) is 4.06. The maximum atomic E-state index is 5.82. The van der Waals surface area contributed by atoms with Crippen LogP contribution in [0.15, 0.2) is 42.7 Å². The van der Waals surface area contributed by atoms with Crippen molar-refractivity contribution in [2.24, 2.45) is 0 Å². The molecule has 0 radical (unpaired) electrons. The molecule has 90 valence electrons. The lowest BCUT2D eigenvalue weighted by Crippen LogP contribution is -1.92. The van der Waals surface area contributed by atoms with Crippen molar-refractivity contribution in [1.29, 1.82) is 0 Å². The molecule has 1 aromatic carbocycles. The Balaban J connectivity index is 2.20. The molecule has 0 fully saturated rings. The Morgan fingerprint density at radius 3 is 3.00 bits per heavy atom. The Kier molecular flexibility index (Phi) is 2.41. The van der Waals surface area contributed by atoms with Crippen LogP contribution in [0.2, 0.25) is 0 Å². The number of methoxy groups -OCH3 is 1. The van der Waals surface area contributed by atoms with E-state index in [0.717, 1.165) is 22.2 Å². The molecule has 3 N–H and O–H groups in total. The van der Waals surface area contributed by atoms with Gasteiger partial charge in [-0.3, -0.25) is 0 Å². The van der Waals surface area contributed by atoms with E-state index in [0.29, 0.717) is 11.4 Å². The number of nitrogen functional groups attached to an aromatic ring is 1. The molecule has 3 rings (SSSR count). The normalized spacial score (nSPS) is 10.7. The highest BCUT2D eigenvalue weighted by atomic mass is 16.5. The third-order valence-corrected chi connectivity index (χ3v) is 3.00. The summed E-state index contributed by atoms with van der Waals surface area (Å²) in [6.45, 7) is 0. The van der Waals surface area contributed by atoms with Gasteiger partial charge in [0.25, 0.3) is 0 Å². The molecule has 2 aromatic heterocycles. The summed E-state index contributed by atoms with van der Waals surface area (Å²) in [5, 5.41) is 1.09. The maximum Gasteiger partial charge on any atom is 0.142 e. The predicted molar refractivity (Wildman–Crippen MR) is 72.5 cm³/mol.